The van der Waals surface area contributed by atoms with Crippen LogP contribution in [0.2, 0.25) is 0 Å². The molecule has 9 heavy (non-hydrogen) atoms. The van der Waals surface area contributed by atoms with Crippen LogP contribution in [0.25, 0.3) is 0 Å². The molecule has 0 aromatic heterocycles. The van der Waals surface area contributed by atoms with E-state index in [0.29, 0.717) is 0 Å². The first-order valence-corrected chi connectivity index (χ1v) is 4.24. The maximum atomic E-state index is 4.83. The van der Waals surface area contributed by atoms with Gasteiger partial charge in [-0.3, -0.25) is 0 Å². The van der Waals surface area contributed by atoms with Crippen molar-refractivity contribution in [3.05, 3.63) is 0 Å². The van der Waals surface area contributed by atoms with Crippen molar-refractivity contribution in [3.8, 4) is 0 Å². The summed E-state index contributed by atoms with van der Waals surface area (Å²) < 4.78 is 0.843. The fourth-order valence-corrected chi connectivity index (χ4v) is 0.821. The number of thiol groups is 1. The summed E-state index contributed by atoms with van der Waals surface area (Å²) in [4.78, 5) is 0. The van der Waals surface area contributed by atoms with Crippen molar-refractivity contribution in [2.24, 2.45) is 5.92 Å². The Hall–Kier alpha value is 0.440. The fourth-order valence-electron chi connectivity index (χ4n) is 0.574. The van der Waals surface area contributed by atoms with E-state index >= 15 is 0 Å². The Labute approximate surface area is 68.4 Å². The van der Waals surface area contributed by atoms with Gasteiger partial charge in [-0.25, -0.2) is 0 Å². The summed E-state index contributed by atoms with van der Waals surface area (Å²) in [6.45, 7) is 4.44. The third kappa shape index (κ3) is 6.32. The van der Waals surface area contributed by atoms with Crippen molar-refractivity contribution in [2.75, 3.05) is 0 Å². The molecule has 0 nitrogen and oxygen atoms in total. The lowest BCUT2D eigenvalue weighted by Crippen LogP contribution is -1.93. The van der Waals surface area contributed by atoms with Gasteiger partial charge in [0.1, 0.15) is 0 Å². The maximum absolute atomic E-state index is 4.83. The van der Waals surface area contributed by atoms with Gasteiger partial charge in [0.05, 0.1) is 0 Å². The number of hydrogen-bond acceptors (Lipinski definition) is 1. The van der Waals surface area contributed by atoms with Gasteiger partial charge in [0, 0.05) is 4.20 Å². The molecule has 0 bridgehead atoms. The summed E-state index contributed by atoms with van der Waals surface area (Å²) in [7, 11) is 0. The molecular formula is C7H14S2. The van der Waals surface area contributed by atoms with Gasteiger partial charge in [-0.2, -0.15) is 0 Å². The second-order valence-corrected chi connectivity index (χ2v) is 3.78. The fraction of sp³-hybridized carbons (Fsp3) is 0.857. The Bertz CT molecular complexity index is 88.9. The van der Waals surface area contributed by atoms with Crippen LogP contribution in [0.5, 0.6) is 0 Å². The summed E-state index contributed by atoms with van der Waals surface area (Å²) in [6.07, 6.45) is 3.43. The van der Waals surface area contributed by atoms with Crippen LogP contribution in [0.3, 0.4) is 0 Å². The van der Waals surface area contributed by atoms with Crippen LogP contribution in [0.15, 0.2) is 0 Å². The number of rotatable bonds is 4. The van der Waals surface area contributed by atoms with E-state index in [2.05, 4.69) is 26.5 Å². The zero-order valence-electron chi connectivity index (χ0n) is 6.05. The summed E-state index contributed by atoms with van der Waals surface area (Å²) in [5.74, 6) is 0.801. The molecule has 1 unspecified atom stereocenters. The van der Waals surface area contributed by atoms with Gasteiger partial charge in [-0.1, -0.05) is 32.5 Å². The maximum Gasteiger partial charge on any atom is 0.0448 e. The first-order chi connectivity index (χ1) is 4.16. The summed E-state index contributed by atoms with van der Waals surface area (Å²) >= 11 is 8.87. The van der Waals surface area contributed by atoms with Crippen LogP contribution in [-0.4, -0.2) is 4.20 Å². The first-order valence-electron chi connectivity index (χ1n) is 3.38. The Morgan fingerprint density at radius 1 is 1.67 bits per heavy atom. The predicted octanol–water partition coefficient (Wildman–Crippen LogP) is 3.07. The predicted molar refractivity (Wildman–Crippen MR) is 50.3 cm³/mol. The molecule has 0 saturated carbocycles. The minimum atomic E-state index is 0.801. The molecule has 0 heterocycles. The summed E-state index contributed by atoms with van der Waals surface area (Å²) in [6, 6.07) is 0. The monoisotopic (exact) mass is 162 g/mol. The topological polar surface area (TPSA) is 0 Å². The van der Waals surface area contributed by atoms with Crippen LogP contribution in [0.1, 0.15) is 33.1 Å². The largest absolute Gasteiger partial charge is 0.136 e. The normalized spacial score (nSPS) is 13.2. The molecule has 0 saturated heterocycles. The second-order valence-electron chi connectivity index (χ2n) is 2.45. The van der Waals surface area contributed by atoms with Crippen molar-refractivity contribution in [3.63, 3.8) is 0 Å². The van der Waals surface area contributed by atoms with Crippen LogP contribution in [-0.2, 0) is 0 Å². The highest BCUT2D eigenvalue weighted by molar-refractivity contribution is 8.11. The second kappa shape index (κ2) is 5.24. The molecule has 0 aromatic rings. The van der Waals surface area contributed by atoms with Crippen LogP contribution < -0.4 is 0 Å². The molecule has 54 valence electrons. The highest BCUT2D eigenvalue weighted by Crippen LogP contribution is 2.10. The number of thiocarbonyl (C=S) groups is 1. The smallest absolute Gasteiger partial charge is 0.0448 e. The van der Waals surface area contributed by atoms with E-state index in [1.165, 1.54) is 12.8 Å². The molecule has 0 N–H and O–H groups in total. The summed E-state index contributed by atoms with van der Waals surface area (Å²) in [5, 5.41) is 0. The van der Waals surface area contributed by atoms with E-state index in [1.807, 2.05) is 0 Å². The van der Waals surface area contributed by atoms with E-state index in [4.69, 9.17) is 12.2 Å². The van der Waals surface area contributed by atoms with Gasteiger partial charge in [0.25, 0.3) is 0 Å². The van der Waals surface area contributed by atoms with Gasteiger partial charge in [0.15, 0.2) is 0 Å². The molecular weight excluding hydrogens is 148 g/mol. The average Bonchev–Trinajstić information content (AvgIpc) is 1.83. The molecule has 0 spiro atoms. The lowest BCUT2D eigenvalue weighted by Gasteiger charge is -2.04. The van der Waals surface area contributed by atoms with Crippen LogP contribution in [0.4, 0.5) is 0 Å². The molecule has 0 fully saturated rings. The van der Waals surface area contributed by atoms with E-state index < -0.39 is 0 Å². The van der Waals surface area contributed by atoms with Gasteiger partial charge < -0.3 is 0 Å². The molecule has 0 aliphatic carbocycles. The molecule has 0 aliphatic rings. The van der Waals surface area contributed by atoms with Crippen molar-refractivity contribution in [1.29, 1.82) is 0 Å². The third-order valence-electron chi connectivity index (χ3n) is 1.55. The van der Waals surface area contributed by atoms with E-state index in [9.17, 15) is 0 Å². The minimum Gasteiger partial charge on any atom is -0.136 e. The van der Waals surface area contributed by atoms with Crippen molar-refractivity contribution >= 4 is 29.0 Å². The van der Waals surface area contributed by atoms with E-state index in [-0.39, 0.29) is 0 Å². The van der Waals surface area contributed by atoms with Gasteiger partial charge in [-0.05, 0) is 18.8 Å². The summed E-state index contributed by atoms with van der Waals surface area (Å²) in [5.41, 5.74) is 0. The minimum absolute atomic E-state index is 0.801. The van der Waals surface area contributed by atoms with Crippen molar-refractivity contribution < 1.29 is 0 Å². The Kier molecular flexibility index (Phi) is 5.50. The Morgan fingerprint density at radius 2 is 2.22 bits per heavy atom. The van der Waals surface area contributed by atoms with Crippen LogP contribution >= 0.6 is 24.8 Å². The van der Waals surface area contributed by atoms with E-state index in [0.717, 1.165) is 16.5 Å². The number of hydrogen-bond donors (Lipinski definition) is 1. The lowest BCUT2D eigenvalue weighted by molar-refractivity contribution is 0.530. The Balaban J connectivity index is 3.16. The van der Waals surface area contributed by atoms with Crippen LogP contribution in [0, 0.1) is 5.92 Å². The lowest BCUT2D eigenvalue weighted by atomic mass is 10.0. The zero-order valence-corrected chi connectivity index (χ0v) is 7.77. The average molecular weight is 162 g/mol. The van der Waals surface area contributed by atoms with Crippen molar-refractivity contribution in [1.82, 2.24) is 0 Å². The highest BCUT2D eigenvalue weighted by atomic mass is 32.1. The zero-order chi connectivity index (χ0) is 7.28. The standard InChI is InChI=1S/C7H14S2/c1-3-6(2)4-5-7(8)9/h6H,3-5H2,1-2H3,(H,8,9). The van der Waals surface area contributed by atoms with E-state index in [1.54, 1.807) is 0 Å². The van der Waals surface area contributed by atoms with Gasteiger partial charge in [-0.15, -0.1) is 12.6 Å². The molecule has 0 aromatic carbocycles. The quantitative estimate of drug-likeness (QED) is 0.489. The molecule has 0 amide bonds. The first kappa shape index (κ1) is 9.44. The third-order valence-corrected chi connectivity index (χ3v) is 1.98. The highest BCUT2D eigenvalue weighted by Gasteiger charge is 1.98. The molecule has 1 atom stereocenters. The molecule has 0 radical (unpaired) electrons. The van der Waals surface area contributed by atoms with Gasteiger partial charge in [0.2, 0.25) is 0 Å². The van der Waals surface area contributed by atoms with Gasteiger partial charge >= 0.3 is 0 Å². The molecule has 0 aliphatic heterocycles. The Morgan fingerprint density at radius 3 is 2.56 bits per heavy atom. The SMILES string of the molecule is CCC(C)CCC(=S)S. The molecule has 0 rings (SSSR count). The molecule has 2 heteroatoms. The van der Waals surface area contributed by atoms with Crippen molar-refractivity contribution in [2.45, 2.75) is 33.1 Å².